The van der Waals surface area contributed by atoms with Crippen molar-refractivity contribution in [2.45, 2.75) is 70.1 Å². The second-order valence-electron chi connectivity index (χ2n) is 11.8. The predicted molar refractivity (Wildman–Crippen MR) is 166 cm³/mol. The van der Waals surface area contributed by atoms with E-state index in [1.165, 1.54) is 35.9 Å². The van der Waals surface area contributed by atoms with Gasteiger partial charge in [0.25, 0.3) is 11.8 Å². The molecule has 1 aliphatic heterocycles. The van der Waals surface area contributed by atoms with E-state index in [4.69, 9.17) is 5.11 Å². The molecule has 3 aromatic rings. The van der Waals surface area contributed by atoms with E-state index in [1.807, 2.05) is 60.0 Å². The van der Waals surface area contributed by atoms with Crippen LogP contribution < -0.4 is 4.90 Å². The van der Waals surface area contributed by atoms with Crippen LogP contribution in [0.3, 0.4) is 0 Å². The molecule has 0 saturated heterocycles. The van der Waals surface area contributed by atoms with Gasteiger partial charge in [0.2, 0.25) is 0 Å². The highest BCUT2D eigenvalue weighted by Crippen LogP contribution is 2.33. The van der Waals surface area contributed by atoms with Crippen molar-refractivity contribution in [2.75, 3.05) is 25.1 Å². The van der Waals surface area contributed by atoms with Crippen molar-refractivity contribution in [2.24, 2.45) is 0 Å². The number of nitrogens with zero attached hydrogens (tertiary/aromatic N) is 3. The number of aliphatic hydroxyl groups excluding tert-OH is 5. The molecule has 2 aliphatic rings. The first-order valence-electron chi connectivity index (χ1n) is 15.1. The predicted octanol–water partition coefficient (Wildman–Crippen LogP) is 2.47. The molecule has 5 rings (SSSR count). The number of carbonyl (C=O) groups is 2. The van der Waals surface area contributed by atoms with Crippen molar-refractivity contribution in [1.82, 2.24) is 9.47 Å². The molecule has 0 fully saturated rings. The summed E-state index contributed by atoms with van der Waals surface area (Å²) in [7, 11) is 1.46. The minimum absolute atomic E-state index is 0.134. The lowest BCUT2D eigenvalue weighted by atomic mass is 9.90. The van der Waals surface area contributed by atoms with Gasteiger partial charge in [-0.25, -0.2) is 0 Å². The molecule has 0 saturated carbocycles. The molecule has 4 atom stereocenters. The largest absolute Gasteiger partial charge is 0.394 e. The Bertz CT molecular complexity index is 1550. The molecule has 0 spiro atoms. The Kier molecular flexibility index (Phi) is 9.67. The molecule has 0 bridgehead atoms. The number of carbonyl (C=O) groups excluding carboxylic acids is 2. The summed E-state index contributed by atoms with van der Waals surface area (Å²) in [6, 6.07) is 17.0. The Balaban J connectivity index is 1.39. The topological polar surface area (TPSA) is 147 Å². The maximum atomic E-state index is 14.0. The highest BCUT2D eigenvalue weighted by molar-refractivity contribution is 6.07. The van der Waals surface area contributed by atoms with Crippen LogP contribution in [0.25, 0.3) is 5.57 Å². The maximum absolute atomic E-state index is 14.0. The number of para-hydroxylation sites is 1. The summed E-state index contributed by atoms with van der Waals surface area (Å²) in [6.07, 6.45) is 0.0571. The van der Waals surface area contributed by atoms with Crippen LogP contribution in [0.5, 0.6) is 0 Å². The summed E-state index contributed by atoms with van der Waals surface area (Å²) < 4.78 is 1.85. The number of rotatable bonds is 9. The number of anilines is 1. The molecule has 1 aliphatic carbocycles. The van der Waals surface area contributed by atoms with Gasteiger partial charge in [-0.3, -0.25) is 9.59 Å². The number of aromatic nitrogens is 1. The fourth-order valence-electron chi connectivity index (χ4n) is 6.15. The molecule has 10 heteroatoms. The lowest BCUT2D eigenvalue weighted by Gasteiger charge is -2.28. The smallest absolute Gasteiger partial charge is 0.270 e. The van der Waals surface area contributed by atoms with Crippen LogP contribution in [0, 0.1) is 6.92 Å². The zero-order valence-electron chi connectivity index (χ0n) is 25.1. The SMILES string of the molecule is Cc1cc(C(=O)N2Cc3ccc(C(=O)N(C)C[C@H](O)[C@@H](O)[C@H](O)[C@H](O)CO)n3Cc3ccccc32)ccc1C1=CCCCC1. The molecule has 2 aromatic carbocycles. The summed E-state index contributed by atoms with van der Waals surface area (Å²) >= 11 is 0. The monoisotopic (exact) mass is 603 g/mol. The average Bonchev–Trinajstić information content (AvgIpc) is 3.35. The Hall–Kier alpha value is -3.80. The number of aryl methyl sites for hydroxylation is 1. The van der Waals surface area contributed by atoms with Gasteiger partial charge in [-0.1, -0.05) is 30.3 Å². The number of hydrogen-bond donors (Lipinski definition) is 5. The zero-order chi connectivity index (χ0) is 31.5. The number of fused-ring (bicyclic) bond motifs is 2. The molecule has 44 heavy (non-hydrogen) atoms. The fraction of sp³-hybridized carbons (Fsp3) is 0.412. The van der Waals surface area contributed by atoms with Crippen molar-refractivity contribution < 1.29 is 35.1 Å². The molecular formula is C34H41N3O7. The van der Waals surface area contributed by atoms with Gasteiger partial charge in [0, 0.05) is 30.5 Å². The van der Waals surface area contributed by atoms with E-state index in [1.54, 1.807) is 11.0 Å². The second kappa shape index (κ2) is 13.5. The summed E-state index contributed by atoms with van der Waals surface area (Å²) in [4.78, 5) is 30.5. The molecule has 2 amide bonds. The van der Waals surface area contributed by atoms with Crippen LogP contribution in [0.2, 0.25) is 0 Å². The number of allylic oxidation sites excluding steroid dienone is 2. The standard InChI is InChI=1S/C34H41N3O7/c1-21-16-23(12-14-26(21)22-8-4-3-5-9-22)33(43)37-18-25-13-15-28(36(25)17-24-10-6-7-11-27(24)37)34(44)35(2)19-29(39)31(41)32(42)30(40)20-38/h6-8,10-16,29-32,38-42H,3-5,9,17-20H2,1-2H3/t29-,30+,31+,32+/m0/s1. The van der Waals surface area contributed by atoms with E-state index >= 15 is 0 Å². The Labute approximate surface area is 257 Å². The number of benzene rings is 2. The molecule has 0 radical (unpaired) electrons. The van der Waals surface area contributed by atoms with E-state index in [9.17, 15) is 30.0 Å². The number of aliphatic hydroxyl groups is 5. The molecular weight excluding hydrogens is 562 g/mol. The van der Waals surface area contributed by atoms with Gasteiger partial charge in [-0.15, -0.1) is 0 Å². The molecule has 10 nitrogen and oxygen atoms in total. The quantitative estimate of drug-likeness (QED) is 0.253. The summed E-state index contributed by atoms with van der Waals surface area (Å²) in [5.41, 5.74) is 6.92. The van der Waals surface area contributed by atoms with E-state index in [-0.39, 0.29) is 19.0 Å². The van der Waals surface area contributed by atoms with Gasteiger partial charge in [-0.2, -0.15) is 0 Å². The minimum atomic E-state index is -1.78. The third-order valence-electron chi connectivity index (χ3n) is 8.71. The van der Waals surface area contributed by atoms with Crippen molar-refractivity contribution in [3.63, 3.8) is 0 Å². The summed E-state index contributed by atoms with van der Waals surface area (Å²) in [5.74, 6) is -0.565. The first-order valence-corrected chi connectivity index (χ1v) is 15.1. The molecule has 5 N–H and O–H groups in total. The van der Waals surface area contributed by atoms with Crippen molar-refractivity contribution in [1.29, 1.82) is 0 Å². The molecule has 1 aromatic heterocycles. The number of likely N-dealkylation sites (N-methyl/N-ethyl adjacent to an activating group) is 1. The van der Waals surface area contributed by atoms with Gasteiger partial charge < -0.3 is 39.9 Å². The highest BCUT2D eigenvalue weighted by Gasteiger charge is 2.33. The lowest BCUT2D eigenvalue weighted by Crippen LogP contribution is -2.50. The first-order chi connectivity index (χ1) is 21.1. The van der Waals surface area contributed by atoms with Crippen LogP contribution in [-0.2, 0) is 13.1 Å². The maximum Gasteiger partial charge on any atom is 0.270 e. The van der Waals surface area contributed by atoms with Crippen molar-refractivity contribution in [3.05, 3.63) is 94.3 Å². The van der Waals surface area contributed by atoms with E-state index in [0.29, 0.717) is 17.8 Å². The first kappa shape index (κ1) is 31.6. The average molecular weight is 604 g/mol. The van der Waals surface area contributed by atoms with E-state index in [0.717, 1.165) is 35.3 Å². The van der Waals surface area contributed by atoms with Crippen LogP contribution >= 0.6 is 0 Å². The van der Waals surface area contributed by atoms with Crippen LogP contribution in [-0.4, -0.2) is 91.4 Å². The summed E-state index contributed by atoms with van der Waals surface area (Å²) in [6.45, 7) is 1.51. The molecule has 234 valence electrons. The molecule has 2 heterocycles. The van der Waals surface area contributed by atoms with Crippen LogP contribution in [0.1, 0.15) is 68.9 Å². The van der Waals surface area contributed by atoms with Gasteiger partial charge in [0.05, 0.1) is 19.7 Å². The summed E-state index contributed by atoms with van der Waals surface area (Å²) in [5, 5.41) is 49.2. The van der Waals surface area contributed by atoms with Crippen molar-refractivity contribution >= 4 is 23.1 Å². The number of hydrogen-bond acceptors (Lipinski definition) is 7. The van der Waals surface area contributed by atoms with Gasteiger partial charge >= 0.3 is 0 Å². The minimum Gasteiger partial charge on any atom is -0.394 e. The third kappa shape index (κ3) is 6.36. The number of amides is 2. The van der Waals surface area contributed by atoms with Gasteiger partial charge in [0.15, 0.2) is 0 Å². The van der Waals surface area contributed by atoms with Gasteiger partial charge in [0.1, 0.15) is 30.1 Å². The molecule has 0 unspecified atom stereocenters. The van der Waals surface area contributed by atoms with Crippen LogP contribution in [0.4, 0.5) is 5.69 Å². The van der Waals surface area contributed by atoms with E-state index in [2.05, 4.69) is 6.08 Å². The Morgan fingerprint density at radius 2 is 1.68 bits per heavy atom. The van der Waals surface area contributed by atoms with Crippen LogP contribution in [0.15, 0.2) is 60.7 Å². The van der Waals surface area contributed by atoms with E-state index < -0.39 is 36.9 Å². The van der Waals surface area contributed by atoms with Gasteiger partial charge in [-0.05, 0) is 85.2 Å². The highest BCUT2D eigenvalue weighted by atomic mass is 16.4. The normalized spacial score (nSPS) is 17.4. The Morgan fingerprint density at radius 3 is 2.39 bits per heavy atom. The Morgan fingerprint density at radius 1 is 0.932 bits per heavy atom. The zero-order valence-corrected chi connectivity index (χ0v) is 25.1. The third-order valence-corrected chi connectivity index (χ3v) is 8.71. The second-order valence-corrected chi connectivity index (χ2v) is 11.8. The fourth-order valence-corrected chi connectivity index (χ4v) is 6.15. The lowest BCUT2D eigenvalue weighted by molar-refractivity contribution is -0.117. The van der Waals surface area contributed by atoms with Crippen molar-refractivity contribution in [3.8, 4) is 0 Å².